The van der Waals surface area contributed by atoms with Crippen LogP contribution in [0.25, 0.3) is 110 Å². The summed E-state index contributed by atoms with van der Waals surface area (Å²) in [6, 6.07) is 65.7. The predicted octanol–water partition coefficient (Wildman–Crippen LogP) is 14.1. The van der Waals surface area contributed by atoms with E-state index in [1.807, 2.05) is 72.0 Å². The largest absolute Gasteiger partial charge is 0.456 e. The van der Waals surface area contributed by atoms with Crippen LogP contribution >= 0.6 is 11.3 Å². The summed E-state index contributed by atoms with van der Waals surface area (Å²) in [5, 5.41) is 4.73. The molecule has 3 heterocycles. The highest BCUT2D eigenvalue weighted by Crippen LogP contribution is 2.44. The quantitative estimate of drug-likeness (QED) is 0.171. The van der Waals surface area contributed by atoms with Gasteiger partial charge in [-0.15, -0.1) is 11.3 Å². The van der Waals surface area contributed by atoms with Crippen LogP contribution in [0.2, 0.25) is 0 Å². The van der Waals surface area contributed by atoms with E-state index in [0.29, 0.717) is 17.5 Å². The van der Waals surface area contributed by atoms with Gasteiger partial charge in [-0.3, -0.25) is 0 Å². The molecule has 0 spiro atoms. The van der Waals surface area contributed by atoms with E-state index >= 15 is 0 Å². The van der Waals surface area contributed by atoms with Crippen molar-refractivity contribution in [1.82, 2.24) is 15.0 Å². The zero-order valence-corrected chi connectivity index (χ0v) is 30.9. The summed E-state index contributed by atoms with van der Waals surface area (Å²) in [4.78, 5) is 14.9. The van der Waals surface area contributed by atoms with Gasteiger partial charge < -0.3 is 4.42 Å². The molecule has 0 aliphatic heterocycles. The Balaban J connectivity index is 1.04. The van der Waals surface area contributed by atoms with E-state index in [2.05, 4.69) is 127 Å². The monoisotopic (exact) mass is 733 g/mol. The molecule has 0 aliphatic rings. The average Bonchev–Trinajstić information content (AvgIpc) is 3.85. The Hall–Kier alpha value is -7.21. The third-order valence-corrected chi connectivity index (χ3v) is 11.7. The molecule has 0 N–H and O–H groups in total. The fourth-order valence-electron chi connectivity index (χ4n) is 7.87. The summed E-state index contributed by atoms with van der Waals surface area (Å²) in [5.41, 5.74) is 11.5. The summed E-state index contributed by atoms with van der Waals surface area (Å²) < 4.78 is 9.08. The molecule has 4 nitrogen and oxygen atoms in total. The summed E-state index contributed by atoms with van der Waals surface area (Å²) in [7, 11) is 0. The van der Waals surface area contributed by atoms with Crippen LogP contribution in [-0.4, -0.2) is 15.0 Å². The molecule has 0 saturated heterocycles. The molecule has 0 bridgehead atoms. The minimum atomic E-state index is 0.623. The Kier molecular flexibility index (Phi) is 7.64. The van der Waals surface area contributed by atoms with Crippen molar-refractivity contribution in [3.63, 3.8) is 0 Å². The minimum Gasteiger partial charge on any atom is -0.456 e. The van der Waals surface area contributed by atoms with Crippen molar-refractivity contribution in [3.8, 4) is 67.5 Å². The Labute approximate surface area is 327 Å². The first-order valence-electron chi connectivity index (χ1n) is 18.7. The van der Waals surface area contributed by atoms with Crippen LogP contribution in [-0.2, 0) is 0 Å². The van der Waals surface area contributed by atoms with Crippen molar-refractivity contribution >= 4 is 53.4 Å². The molecule has 262 valence electrons. The molecule has 11 aromatic rings. The van der Waals surface area contributed by atoms with Gasteiger partial charge >= 0.3 is 0 Å². The SMILES string of the molecule is c1ccc(-c2ccc3c(c2)sc2cccc(-c4ccc5oc6cccc(-c7cccc(-c8nc(-c9ccccc9)nc(-c9ccccc9)n8)c7)c6c5c4)c23)cc1. The zero-order chi connectivity index (χ0) is 37.0. The lowest BCUT2D eigenvalue weighted by Gasteiger charge is -2.10. The molecule has 0 radical (unpaired) electrons. The molecule has 11 rings (SSSR count). The molecule has 0 saturated carbocycles. The van der Waals surface area contributed by atoms with E-state index < -0.39 is 0 Å². The number of benzene rings is 8. The number of aromatic nitrogens is 3. The minimum absolute atomic E-state index is 0.623. The molecular formula is C51H31N3OS. The molecule has 0 unspecified atom stereocenters. The van der Waals surface area contributed by atoms with E-state index in [1.54, 1.807) is 0 Å². The van der Waals surface area contributed by atoms with Crippen LogP contribution in [0, 0.1) is 0 Å². The van der Waals surface area contributed by atoms with Gasteiger partial charge in [-0.25, -0.2) is 15.0 Å². The van der Waals surface area contributed by atoms with E-state index in [9.17, 15) is 0 Å². The normalized spacial score (nSPS) is 11.6. The Bertz CT molecular complexity index is 3180. The number of rotatable bonds is 6. The first-order chi connectivity index (χ1) is 27.7. The molecule has 5 heteroatoms. The van der Waals surface area contributed by atoms with Crippen LogP contribution in [0.1, 0.15) is 0 Å². The van der Waals surface area contributed by atoms with Gasteiger partial charge in [0.05, 0.1) is 0 Å². The van der Waals surface area contributed by atoms with Gasteiger partial charge in [-0.05, 0) is 69.8 Å². The van der Waals surface area contributed by atoms with Crippen molar-refractivity contribution in [1.29, 1.82) is 0 Å². The van der Waals surface area contributed by atoms with Crippen molar-refractivity contribution in [2.45, 2.75) is 0 Å². The van der Waals surface area contributed by atoms with Gasteiger partial charge in [-0.2, -0.15) is 0 Å². The Morgan fingerprint density at radius 1 is 0.321 bits per heavy atom. The van der Waals surface area contributed by atoms with Gasteiger partial charge in [0, 0.05) is 47.6 Å². The fraction of sp³-hybridized carbons (Fsp3) is 0. The number of thiophene rings is 1. The smallest absolute Gasteiger partial charge is 0.164 e. The second-order valence-electron chi connectivity index (χ2n) is 14.0. The zero-order valence-electron chi connectivity index (χ0n) is 30.1. The third kappa shape index (κ3) is 5.56. The van der Waals surface area contributed by atoms with Crippen LogP contribution in [0.3, 0.4) is 0 Å². The highest BCUT2D eigenvalue weighted by Gasteiger charge is 2.18. The van der Waals surface area contributed by atoms with Crippen molar-refractivity contribution in [3.05, 3.63) is 188 Å². The topological polar surface area (TPSA) is 51.8 Å². The number of fused-ring (bicyclic) bond motifs is 6. The van der Waals surface area contributed by atoms with Crippen molar-refractivity contribution in [2.24, 2.45) is 0 Å². The summed E-state index contributed by atoms with van der Waals surface area (Å²) in [6.07, 6.45) is 0. The Morgan fingerprint density at radius 2 is 0.875 bits per heavy atom. The van der Waals surface area contributed by atoms with Gasteiger partial charge in [0.2, 0.25) is 0 Å². The molecule has 56 heavy (non-hydrogen) atoms. The molecule has 0 aliphatic carbocycles. The highest BCUT2D eigenvalue weighted by molar-refractivity contribution is 7.26. The summed E-state index contributed by atoms with van der Waals surface area (Å²) >= 11 is 1.85. The molecule has 0 amide bonds. The Morgan fingerprint density at radius 3 is 1.59 bits per heavy atom. The first kappa shape index (κ1) is 32.2. The van der Waals surface area contributed by atoms with E-state index in [-0.39, 0.29) is 0 Å². The van der Waals surface area contributed by atoms with E-state index in [4.69, 9.17) is 19.4 Å². The first-order valence-corrected chi connectivity index (χ1v) is 19.5. The number of furan rings is 1. The maximum absolute atomic E-state index is 6.52. The lowest BCUT2D eigenvalue weighted by Crippen LogP contribution is -2.00. The standard InChI is InChI=1S/C51H31N3OS/c1-4-13-32(14-5-1)35-25-27-41-46(31-35)56-45-24-12-22-40(48(41)45)37-26-28-43-42(30-37)47-39(21-11-23-44(47)55-43)36-19-10-20-38(29-36)51-53-49(33-15-6-2-7-16-33)52-50(54-51)34-17-8-3-9-18-34/h1-31H. The molecule has 0 fully saturated rings. The maximum Gasteiger partial charge on any atom is 0.164 e. The molecule has 0 atom stereocenters. The second-order valence-corrected chi connectivity index (χ2v) is 15.1. The van der Waals surface area contributed by atoms with Crippen LogP contribution in [0.15, 0.2) is 192 Å². The summed E-state index contributed by atoms with van der Waals surface area (Å²) in [5.74, 6) is 1.90. The van der Waals surface area contributed by atoms with E-state index in [1.165, 1.54) is 36.9 Å². The third-order valence-electron chi connectivity index (χ3n) is 10.5. The maximum atomic E-state index is 6.52. The molecule has 3 aromatic heterocycles. The number of hydrogen-bond acceptors (Lipinski definition) is 5. The molecule has 8 aromatic carbocycles. The van der Waals surface area contributed by atoms with Crippen LogP contribution in [0.5, 0.6) is 0 Å². The van der Waals surface area contributed by atoms with Crippen LogP contribution in [0.4, 0.5) is 0 Å². The van der Waals surface area contributed by atoms with Crippen LogP contribution < -0.4 is 0 Å². The van der Waals surface area contributed by atoms with E-state index in [0.717, 1.165) is 55.3 Å². The van der Waals surface area contributed by atoms with Gasteiger partial charge in [0.1, 0.15) is 11.2 Å². The lowest BCUT2D eigenvalue weighted by atomic mass is 9.95. The van der Waals surface area contributed by atoms with Crippen molar-refractivity contribution < 1.29 is 4.42 Å². The van der Waals surface area contributed by atoms with Gasteiger partial charge in [0.25, 0.3) is 0 Å². The summed E-state index contributed by atoms with van der Waals surface area (Å²) in [6.45, 7) is 0. The van der Waals surface area contributed by atoms with Crippen molar-refractivity contribution in [2.75, 3.05) is 0 Å². The van der Waals surface area contributed by atoms with Gasteiger partial charge in [-0.1, -0.05) is 152 Å². The van der Waals surface area contributed by atoms with Gasteiger partial charge in [0.15, 0.2) is 17.5 Å². The second kappa shape index (κ2) is 13.3. The number of hydrogen-bond donors (Lipinski definition) is 0. The number of nitrogens with zero attached hydrogens (tertiary/aromatic N) is 3. The molecular weight excluding hydrogens is 703 g/mol. The highest BCUT2D eigenvalue weighted by atomic mass is 32.1. The fourth-order valence-corrected chi connectivity index (χ4v) is 9.05. The lowest BCUT2D eigenvalue weighted by molar-refractivity contribution is 0.669. The predicted molar refractivity (Wildman–Crippen MR) is 233 cm³/mol. The average molecular weight is 734 g/mol.